The zero-order valence-corrected chi connectivity index (χ0v) is 12.8. The molecule has 0 saturated heterocycles. The van der Waals surface area contributed by atoms with E-state index in [1.165, 1.54) is 24.2 Å². The third kappa shape index (κ3) is 3.78. The molecule has 108 valence electrons. The molecule has 1 heterocycles. The van der Waals surface area contributed by atoms with E-state index in [1.54, 1.807) is 11.4 Å². The van der Waals surface area contributed by atoms with Gasteiger partial charge < -0.3 is 5.11 Å². The summed E-state index contributed by atoms with van der Waals surface area (Å²) in [6.45, 7) is 2.00. The number of hydrogen-bond donors (Lipinski definition) is 2. The quantitative estimate of drug-likeness (QED) is 0.840. The summed E-state index contributed by atoms with van der Waals surface area (Å²) in [5, 5.41) is 10.7. The van der Waals surface area contributed by atoms with E-state index in [-0.39, 0.29) is 12.6 Å². The van der Waals surface area contributed by atoms with Crippen LogP contribution in [0.5, 0.6) is 0 Å². The van der Waals surface area contributed by atoms with Gasteiger partial charge in [-0.25, -0.2) is 13.1 Å². The monoisotopic (exact) mass is 303 g/mol. The molecule has 1 aliphatic rings. The first kappa shape index (κ1) is 15.0. The van der Waals surface area contributed by atoms with Gasteiger partial charge >= 0.3 is 0 Å². The summed E-state index contributed by atoms with van der Waals surface area (Å²) < 4.78 is 27.7. The van der Waals surface area contributed by atoms with E-state index in [2.05, 4.69) is 11.6 Å². The fourth-order valence-electron chi connectivity index (χ4n) is 2.50. The van der Waals surface area contributed by atoms with Gasteiger partial charge in [-0.2, -0.15) is 0 Å². The molecule has 4 nitrogen and oxygen atoms in total. The highest BCUT2D eigenvalue weighted by atomic mass is 32.2. The molecule has 1 fully saturated rings. The Hall–Kier alpha value is -0.430. The van der Waals surface area contributed by atoms with E-state index in [1.807, 2.05) is 0 Å². The van der Waals surface area contributed by atoms with Crippen LogP contribution < -0.4 is 4.72 Å². The van der Waals surface area contributed by atoms with Gasteiger partial charge in [0.15, 0.2) is 0 Å². The van der Waals surface area contributed by atoms with E-state index < -0.39 is 10.0 Å². The van der Waals surface area contributed by atoms with Crippen LogP contribution in [0.15, 0.2) is 15.7 Å². The summed E-state index contributed by atoms with van der Waals surface area (Å²) >= 11 is 1.17. The average Bonchev–Trinajstić information content (AvgIpc) is 2.78. The van der Waals surface area contributed by atoms with Gasteiger partial charge in [0.25, 0.3) is 0 Å². The Kier molecular flexibility index (Phi) is 5.00. The lowest BCUT2D eigenvalue weighted by atomic mass is 9.98. The molecule has 2 rings (SSSR count). The Balaban J connectivity index is 2.11. The summed E-state index contributed by atoms with van der Waals surface area (Å²) in [5.41, 5.74) is 0.652. The first-order valence-electron chi connectivity index (χ1n) is 6.73. The molecule has 1 aromatic rings. The second kappa shape index (κ2) is 6.35. The molecule has 6 heteroatoms. The van der Waals surface area contributed by atoms with Crippen molar-refractivity contribution >= 4 is 21.4 Å². The average molecular weight is 303 g/mol. The van der Waals surface area contributed by atoms with Gasteiger partial charge in [0.05, 0.1) is 6.61 Å². The molecule has 0 amide bonds. The number of nitrogens with one attached hydrogen (secondary N) is 1. The highest BCUT2D eigenvalue weighted by Gasteiger charge is 2.26. The Morgan fingerprint density at radius 2 is 2.11 bits per heavy atom. The van der Waals surface area contributed by atoms with Crippen molar-refractivity contribution in [2.24, 2.45) is 5.92 Å². The molecule has 2 N–H and O–H groups in total. The fourth-order valence-corrected chi connectivity index (χ4v) is 5.10. The predicted octanol–water partition coefficient (Wildman–Crippen LogP) is 2.49. The van der Waals surface area contributed by atoms with Crippen LogP contribution >= 0.6 is 11.3 Å². The number of aliphatic hydroxyl groups excluding tert-OH is 1. The first-order valence-corrected chi connectivity index (χ1v) is 9.10. The number of hydrogen-bond acceptors (Lipinski definition) is 4. The number of thiophene rings is 1. The normalized spacial score (nSPS) is 25.2. The summed E-state index contributed by atoms with van der Waals surface area (Å²) in [6.07, 6.45) is 5.46. The Bertz CT molecular complexity index is 510. The van der Waals surface area contributed by atoms with Crippen molar-refractivity contribution in [2.45, 2.75) is 55.9 Å². The minimum Gasteiger partial charge on any atom is -0.392 e. The van der Waals surface area contributed by atoms with Crippen molar-refractivity contribution in [3.05, 3.63) is 17.0 Å². The van der Waals surface area contributed by atoms with Crippen LogP contribution in [-0.4, -0.2) is 19.6 Å². The van der Waals surface area contributed by atoms with Crippen LogP contribution in [0.4, 0.5) is 0 Å². The lowest BCUT2D eigenvalue weighted by Crippen LogP contribution is -2.38. The SMILES string of the molecule is CC1CCCCCC1NS(=O)(=O)c1cc(CO)cs1. The minimum atomic E-state index is -3.44. The largest absolute Gasteiger partial charge is 0.392 e. The molecule has 0 bridgehead atoms. The molecule has 1 aromatic heterocycles. The summed E-state index contributed by atoms with van der Waals surface area (Å²) in [4.78, 5) is 0. The minimum absolute atomic E-state index is 0.0344. The molecule has 0 aliphatic heterocycles. The van der Waals surface area contributed by atoms with Crippen molar-refractivity contribution in [1.82, 2.24) is 4.72 Å². The first-order chi connectivity index (χ1) is 9.03. The van der Waals surface area contributed by atoms with Crippen molar-refractivity contribution in [3.63, 3.8) is 0 Å². The van der Waals surface area contributed by atoms with Crippen molar-refractivity contribution in [1.29, 1.82) is 0 Å². The number of aliphatic hydroxyl groups is 1. The van der Waals surface area contributed by atoms with Crippen LogP contribution in [-0.2, 0) is 16.6 Å². The molecular formula is C13H21NO3S2. The topological polar surface area (TPSA) is 66.4 Å². The zero-order chi connectivity index (χ0) is 13.9. The predicted molar refractivity (Wildman–Crippen MR) is 76.6 cm³/mol. The Morgan fingerprint density at radius 1 is 1.37 bits per heavy atom. The maximum Gasteiger partial charge on any atom is 0.250 e. The maximum absolute atomic E-state index is 12.3. The second-order valence-corrected chi connectivity index (χ2v) is 8.13. The number of sulfonamides is 1. The molecular weight excluding hydrogens is 282 g/mol. The third-order valence-electron chi connectivity index (χ3n) is 3.75. The van der Waals surface area contributed by atoms with Crippen LogP contribution in [0.3, 0.4) is 0 Å². The Labute approximate surface area is 118 Å². The van der Waals surface area contributed by atoms with E-state index in [4.69, 9.17) is 5.11 Å². The van der Waals surface area contributed by atoms with Crippen LogP contribution in [0.1, 0.15) is 44.6 Å². The molecule has 0 radical (unpaired) electrons. The van der Waals surface area contributed by atoms with Crippen molar-refractivity contribution < 1.29 is 13.5 Å². The van der Waals surface area contributed by atoms with E-state index in [0.29, 0.717) is 15.7 Å². The van der Waals surface area contributed by atoms with E-state index >= 15 is 0 Å². The summed E-state index contributed by atoms with van der Waals surface area (Å²) in [6, 6.07) is 1.58. The maximum atomic E-state index is 12.3. The van der Waals surface area contributed by atoms with Crippen molar-refractivity contribution in [2.75, 3.05) is 0 Å². The standard InChI is InChI=1S/C13H21NO3S2/c1-10-5-3-2-4-6-12(10)14-19(16,17)13-7-11(8-15)9-18-13/h7,9-10,12,14-15H,2-6,8H2,1H3. The smallest absolute Gasteiger partial charge is 0.250 e. The lowest BCUT2D eigenvalue weighted by molar-refractivity contribution is 0.282. The lowest BCUT2D eigenvalue weighted by Gasteiger charge is -2.22. The second-order valence-electron chi connectivity index (χ2n) is 5.28. The summed E-state index contributed by atoms with van der Waals surface area (Å²) in [7, 11) is -3.44. The van der Waals surface area contributed by atoms with Gasteiger partial charge in [-0.1, -0.05) is 26.2 Å². The van der Waals surface area contributed by atoms with E-state index in [0.717, 1.165) is 19.3 Å². The molecule has 0 spiro atoms. The molecule has 2 atom stereocenters. The molecule has 2 unspecified atom stereocenters. The number of rotatable bonds is 4. The highest BCUT2D eigenvalue weighted by Crippen LogP contribution is 2.26. The van der Waals surface area contributed by atoms with Gasteiger partial charge in [0.2, 0.25) is 10.0 Å². The molecule has 0 aromatic carbocycles. The van der Waals surface area contributed by atoms with Gasteiger partial charge in [0, 0.05) is 6.04 Å². The van der Waals surface area contributed by atoms with Gasteiger partial charge in [-0.05, 0) is 35.8 Å². The fraction of sp³-hybridized carbons (Fsp3) is 0.692. The molecule has 19 heavy (non-hydrogen) atoms. The zero-order valence-electron chi connectivity index (χ0n) is 11.1. The van der Waals surface area contributed by atoms with Crippen LogP contribution in [0.25, 0.3) is 0 Å². The van der Waals surface area contributed by atoms with E-state index in [9.17, 15) is 8.42 Å². The molecule has 1 saturated carbocycles. The van der Waals surface area contributed by atoms with Gasteiger partial charge in [-0.3, -0.25) is 0 Å². The Morgan fingerprint density at radius 3 is 2.79 bits per heavy atom. The third-order valence-corrected chi connectivity index (χ3v) is 6.72. The molecule has 1 aliphatic carbocycles. The van der Waals surface area contributed by atoms with Gasteiger partial charge in [-0.15, -0.1) is 11.3 Å². The van der Waals surface area contributed by atoms with Crippen molar-refractivity contribution in [3.8, 4) is 0 Å². The van der Waals surface area contributed by atoms with Gasteiger partial charge in [0.1, 0.15) is 4.21 Å². The van der Waals surface area contributed by atoms with Crippen LogP contribution in [0.2, 0.25) is 0 Å². The highest BCUT2D eigenvalue weighted by molar-refractivity contribution is 7.91. The summed E-state index contributed by atoms with van der Waals surface area (Å²) in [5.74, 6) is 0.384. The van der Waals surface area contributed by atoms with Crippen LogP contribution in [0, 0.1) is 5.92 Å².